The predicted molar refractivity (Wildman–Crippen MR) is 41.1 cm³/mol. The van der Waals surface area contributed by atoms with Crippen LogP contribution in [0.5, 0.6) is 5.88 Å². The molecule has 0 aliphatic rings. The predicted octanol–water partition coefficient (Wildman–Crippen LogP) is 0.192. The van der Waals surface area contributed by atoms with Crippen LogP contribution in [0.3, 0.4) is 0 Å². The molecule has 0 fully saturated rings. The fourth-order valence-electron chi connectivity index (χ4n) is 0.859. The van der Waals surface area contributed by atoms with Crippen LogP contribution in [-0.4, -0.2) is 27.5 Å². The topological polar surface area (TPSA) is 64.4 Å². The van der Waals surface area contributed by atoms with Crippen molar-refractivity contribution in [3.8, 4) is 5.88 Å². The number of nitrogens with zero attached hydrogens (tertiary/aromatic N) is 2. The Balaban J connectivity index is 2.62. The van der Waals surface area contributed by atoms with E-state index in [0.717, 1.165) is 5.56 Å². The zero-order valence-electron chi connectivity index (χ0n) is 6.94. The Hall–Kier alpha value is -1.52. The van der Waals surface area contributed by atoms with Crippen molar-refractivity contribution in [3.05, 3.63) is 11.8 Å². The molecule has 0 bridgehead atoms. The second-order valence-electron chi connectivity index (χ2n) is 2.47. The number of aliphatic carboxylic acids is 1. The van der Waals surface area contributed by atoms with Gasteiger partial charge in [-0.25, -0.2) is 4.79 Å². The Labute approximate surface area is 69.6 Å². The summed E-state index contributed by atoms with van der Waals surface area (Å²) in [6, 6.07) is 0. The van der Waals surface area contributed by atoms with E-state index in [4.69, 9.17) is 9.84 Å². The zero-order valence-corrected chi connectivity index (χ0v) is 6.94. The molecule has 1 rings (SSSR count). The molecule has 0 aliphatic heterocycles. The molecule has 0 aliphatic carbocycles. The summed E-state index contributed by atoms with van der Waals surface area (Å²) in [4.78, 5) is 10.1. The summed E-state index contributed by atoms with van der Waals surface area (Å²) in [7, 11) is 1.75. The first-order chi connectivity index (χ1) is 5.59. The van der Waals surface area contributed by atoms with Crippen LogP contribution in [0.25, 0.3) is 0 Å². The lowest BCUT2D eigenvalue weighted by Crippen LogP contribution is -2.10. The first kappa shape index (κ1) is 8.58. The second-order valence-corrected chi connectivity index (χ2v) is 2.47. The highest BCUT2D eigenvalue weighted by atomic mass is 16.5. The molecule has 5 heteroatoms. The van der Waals surface area contributed by atoms with Crippen LogP contribution in [0, 0.1) is 6.92 Å². The van der Waals surface area contributed by atoms with Gasteiger partial charge in [-0.15, -0.1) is 5.10 Å². The van der Waals surface area contributed by atoms with Crippen molar-refractivity contribution >= 4 is 5.97 Å². The van der Waals surface area contributed by atoms with E-state index >= 15 is 0 Å². The summed E-state index contributed by atoms with van der Waals surface area (Å²) in [6.07, 6.45) is 1.76. The summed E-state index contributed by atoms with van der Waals surface area (Å²) in [6.45, 7) is 1.46. The first-order valence-electron chi connectivity index (χ1n) is 3.44. The number of ether oxygens (including phenoxy) is 1. The van der Waals surface area contributed by atoms with Crippen LogP contribution < -0.4 is 4.74 Å². The van der Waals surface area contributed by atoms with Gasteiger partial charge in [0.2, 0.25) is 5.88 Å². The average Bonchev–Trinajstić information content (AvgIpc) is 2.26. The minimum atomic E-state index is -1.000. The van der Waals surface area contributed by atoms with Gasteiger partial charge in [0, 0.05) is 18.8 Å². The maximum absolute atomic E-state index is 10.1. The van der Waals surface area contributed by atoms with Crippen LogP contribution in [-0.2, 0) is 11.8 Å². The molecule has 5 nitrogen and oxygen atoms in total. The maximum atomic E-state index is 10.1. The third-order valence-corrected chi connectivity index (χ3v) is 1.30. The molecule has 0 atom stereocenters. The summed E-state index contributed by atoms with van der Waals surface area (Å²) in [5, 5.41) is 12.2. The van der Waals surface area contributed by atoms with Gasteiger partial charge in [0.05, 0.1) is 0 Å². The quantitative estimate of drug-likeness (QED) is 0.703. The van der Waals surface area contributed by atoms with Crippen LogP contribution in [0.2, 0.25) is 0 Å². The first-order valence-corrected chi connectivity index (χ1v) is 3.44. The monoisotopic (exact) mass is 170 g/mol. The number of hydrogen-bond donors (Lipinski definition) is 1. The molecule has 0 aromatic carbocycles. The van der Waals surface area contributed by atoms with E-state index in [9.17, 15) is 4.79 Å². The van der Waals surface area contributed by atoms with Gasteiger partial charge in [0.1, 0.15) is 0 Å². The number of aromatic nitrogens is 2. The molecule has 0 amide bonds. The molecule has 1 heterocycles. The Bertz CT molecular complexity index is 293. The third-order valence-electron chi connectivity index (χ3n) is 1.30. The van der Waals surface area contributed by atoms with Gasteiger partial charge in [-0.1, -0.05) is 0 Å². The van der Waals surface area contributed by atoms with Gasteiger partial charge in [-0.2, -0.15) is 0 Å². The standard InChI is InChI=1S/C7H10N2O3/c1-5-3-9(2)8-7(5)12-4-6(10)11/h3H,4H2,1-2H3,(H,10,11). The van der Waals surface area contributed by atoms with Crippen molar-refractivity contribution in [3.63, 3.8) is 0 Å². The van der Waals surface area contributed by atoms with Crippen LogP contribution >= 0.6 is 0 Å². The van der Waals surface area contributed by atoms with Crippen molar-refractivity contribution in [2.75, 3.05) is 6.61 Å². The van der Waals surface area contributed by atoms with Crippen molar-refractivity contribution in [1.82, 2.24) is 9.78 Å². The summed E-state index contributed by atoms with van der Waals surface area (Å²) < 4.78 is 6.46. The van der Waals surface area contributed by atoms with E-state index in [1.54, 1.807) is 17.9 Å². The average molecular weight is 170 g/mol. The second kappa shape index (κ2) is 3.25. The van der Waals surface area contributed by atoms with Crippen molar-refractivity contribution in [2.45, 2.75) is 6.92 Å². The van der Waals surface area contributed by atoms with Crippen molar-refractivity contribution < 1.29 is 14.6 Å². The normalized spacial score (nSPS) is 9.83. The Morgan fingerprint density at radius 2 is 2.50 bits per heavy atom. The Kier molecular flexibility index (Phi) is 2.32. The van der Waals surface area contributed by atoms with Gasteiger partial charge >= 0.3 is 5.97 Å². The molecule has 0 spiro atoms. The largest absolute Gasteiger partial charge is 0.479 e. The van der Waals surface area contributed by atoms with E-state index in [1.165, 1.54) is 0 Å². The summed E-state index contributed by atoms with van der Waals surface area (Å²) in [5.41, 5.74) is 0.832. The number of carbonyl (C=O) groups is 1. The number of hydrogen-bond acceptors (Lipinski definition) is 3. The molecule has 0 saturated carbocycles. The SMILES string of the molecule is Cc1cn(C)nc1OCC(=O)O. The summed E-state index contributed by atoms with van der Waals surface area (Å²) in [5.74, 6) is -0.625. The zero-order chi connectivity index (χ0) is 9.14. The molecule has 66 valence electrons. The highest BCUT2D eigenvalue weighted by molar-refractivity contribution is 5.68. The molecule has 0 radical (unpaired) electrons. The maximum Gasteiger partial charge on any atom is 0.341 e. The van der Waals surface area contributed by atoms with Gasteiger partial charge < -0.3 is 9.84 Å². The minimum Gasteiger partial charge on any atom is -0.479 e. The molecule has 1 N–H and O–H groups in total. The Morgan fingerprint density at radius 3 is 2.92 bits per heavy atom. The lowest BCUT2D eigenvalue weighted by molar-refractivity contribution is -0.139. The minimum absolute atomic E-state index is 0.349. The van der Waals surface area contributed by atoms with Gasteiger partial charge in [-0.3, -0.25) is 4.68 Å². The van der Waals surface area contributed by atoms with Crippen LogP contribution in [0.15, 0.2) is 6.20 Å². The number of aryl methyl sites for hydroxylation is 2. The lowest BCUT2D eigenvalue weighted by Gasteiger charge is -1.97. The fraction of sp³-hybridized carbons (Fsp3) is 0.429. The third kappa shape index (κ3) is 1.98. The van der Waals surface area contributed by atoms with Crippen molar-refractivity contribution in [1.29, 1.82) is 0 Å². The number of rotatable bonds is 3. The van der Waals surface area contributed by atoms with Gasteiger partial charge in [-0.05, 0) is 6.92 Å². The van der Waals surface area contributed by atoms with Gasteiger partial charge in [0.25, 0.3) is 0 Å². The molecular formula is C7H10N2O3. The van der Waals surface area contributed by atoms with Gasteiger partial charge in [0.15, 0.2) is 6.61 Å². The Morgan fingerprint density at radius 1 is 1.83 bits per heavy atom. The molecule has 1 aromatic heterocycles. The highest BCUT2D eigenvalue weighted by Gasteiger charge is 2.05. The fourth-order valence-corrected chi connectivity index (χ4v) is 0.859. The number of carboxylic acid groups (broad SMARTS) is 1. The molecule has 1 aromatic rings. The molecule has 0 saturated heterocycles. The van der Waals surface area contributed by atoms with Crippen LogP contribution in [0.4, 0.5) is 0 Å². The lowest BCUT2D eigenvalue weighted by atomic mass is 10.4. The molecule has 0 unspecified atom stereocenters. The van der Waals surface area contributed by atoms with E-state index in [2.05, 4.69) is 5.10 Å². The van der Waals surface area contributed by atoms with E-state index in [1.807, 2.05) is 6.92 Å². The molecular weight excluding hydrogens is 160 g/mol. The highest BCUT2D eigenvalue weighted by Crippen LogP contribution is 2.12. The number of carboxylic acids is 1. The molecule has 12 heavy (non-hydrogen) atoms. The smallest absolute Gasteiger partial charge is 0.341 e. The van der Waals surface area contributed by atoms with E-state index in [-0.39, 0.29) is 6.61 Å². The van der Waals surface area contributed by atoms with E-state index in [0.29, 0.717) is 5.88 Å². The van der Waals surface area contributed by atoms with Crippen molar-refractivity contribution in [2.24, 2.45) is 7.05 Å². The van der Waals surface area contributed by atoms with E-state index < -0.39 is 5.97 Å². The van der Waals surface area contributed by atoms with Crippen LogP contribution in [0.1, 0.15) is 5.56 Å². The summed E-state index contributed by atoms with van der Waals surface area (Å²) >= 11 is 0.